The van der Waals surface area contributed by atoms with Gasteiger partial charge in [-0.1, -0.05) is 36.4 Å². The first-order chi connectivity index (χ1) is 15.7. The number of ether oxygens (including phenoxy) is 1. The Morgan fingerprint density at radius 3 is 2.41 bits per heavy atom. The Morgan fingerprint density at radius 2 is 1.66 bits per heavy atom. The minimum absolute atomic E-state index is 0.0207. The van der Waals surface area contributed by atoms with Crippen molar-refractivity contribution in [1.29, 1.82) is 0 Å². The van der Waals surface area contributed by atoms with Crippen LogP contribution in [0.3, 0.4) is 0 Å². The highest BCUT2D eigenvalue weighted by atomic mass is 16.5. The van der Waals surface area contributed by atoms with Gasteiger partial charge in [0.25, 0.3) is 0 Å². The summed E-state index contributed by atoms with van der Waals surface area (Å²) in [6.45, 7) is 3.10. The van der Waals surface area contributed by atoms with E-state index in [-0.39, 0.29) is 12.5 Å². The van der Waals surface area contributed by atoms with E-state index in [0.717, 1.165) is 44.9 Å². The maximum absolute atomic E-state index is 12.8. The van der Waals surface area contributed by atoms with Crippen LogP contribution in [0.25, 0.3) is 11.1 Å². The number of likely N-dealkylation sites (tertiary alicyclic amines) is 1. The largest absolute Gasteiger partial charge is 0.420 e. The highest BCUT2D eigenvalue weighted by Crippen LogP contribution is 2.29. The van der Waals surface area contributed by atoms with Crippen LogP contribution in [0.4, 0.5) is 0 Å². The molecule has 2 fully saturated rings. The van der Waals surface area contributed by atoms with E-state index >= 15 is 0 Å². The number of para-hydroxylation sites is 2. The zero-order chi connectivity index (χ0) is 21.9. The van der Waals surface area contributed by atoms with Gasteiger partial charge in [0, 0.05) is 19.7 Å². The van der Waals surface area contributed by atoms with E-state index in [1.165, 1.54) is 28.5 Å². The third-order valence-corrected chi connectivity index (χ3v) is 6.70. The maximum atomic E-state index is 12.8. The zero-order valence-electron chi connectivity index (χ0n) is 18.4. The van der Waals surface area contributed by atoms with Gasteiger partial charge in [0.1, 0.15) is 6.54 Å². The number of carbonyl (C=O) groups is 1. The first kappa shape index (κ1) is 21.0. The standard InChI is InChI=1S/C26H30N2O4/c29-25(16-28-23-3-1-2-4-24(23)32-26(28)30)27-13-11-20(12-14-27)15-19-5-7-21(8-6-19)17-31-18-22-9-10-22/h1-8,20,22H,9-18H2. The average molecular weight is 435 g/mol. The molecule has 2 aromatic carbocycles. The number of aromatic nitrogens is 1. The summed E-state index contributed by atoms with van der Waals surface area (Å²) in [6, 6.07) is 16.0. The molecule has 1 amide bonds. The van der Waals surface area contributed by atoms with E-state index in [4.69, 9.17) is 9.15 Å². The van der Waals surface area contributed by atoms with Crippen molar-refractivity contribution in [1.82, 2.24) is 9.47 Å². The second kappa shape index (κ2) is 9.33. The number of amides is 1. The van der Waals surface area contributed by atoms with Gasteiger partial charge in [-0.2, -0.15) is 0 Å². The average Bonchev–Trinajstić information content (AvgIpc) is 3.58. The van der Waals surface area contributed by atoms with Gasteiger partial charge in [-0.05, 0) is 67.2 Å². The van der Waals surface area contributed by atoms with Gasteiger partial charge in [-0.25, -0.2) is 4.79 Å². The van der Waals surface area contributed by atoms with Crippen molar-refractivity contribution in [3.63, 3.8) is 0 Å². The SMILES string of the molecule is O=C(Cn1c(=O)oc2ccccc21)N1CCC(Cc2ccc(COCC3CC3)cc2)CC1. The third kappa shape index (κ3) is 4.96. The van der Waals surface area contributed by atoms with Crippen LogP contribution in [0, 0.1) is 11.8 Å². The lowest BCUT2D eigenvalue weighted by Crippen LogP contribution is -2.41. The molecule has 32 heavy (non-hydrogen) atoms. The molecule has 0 bridgehead atoms. The van der Waals surface area contributed by atoms with Gasteiger partial charge in [0.15, 0.2) is 5.58 Å². The van der Waals surface area contributed by atoms with Crippen molar-refractivity contribution < 1.29 is 13.9 Å². The molecule has 2 aliphatic rings. The number of oxazole rings is 1. The van der Waals surface area contributed by atoms with Crippen LogP contribution in [0.2, 0.25) is 0 Å². The van der Waals surface area contributed by atoms with Crippen LogP contribution < -0.4 is 5.76 Å². The number of hydrogen-bond donors (Lipinski definition) is 0. The summed E-state index contributed by atoms with van der Waals surface area (Å²) in [5, 5.41) is 0. The van der Waals surface area contributed by atoms with Crippen LogP contribution in [0.1, 0.15) is 36.8 Å². The second-order valence-corrected chi connectivity index (χ2v) is 9.23. The van der Waals surface area contributed by atoms with E-state index in [0.29, 0.717) is 23.6 Å². The molecule has 0 unspecified atom stereocenters. The fraction of sp³-hybridized carbons (Fsp3) is 0.462. The molecule has 2 heterocycles. The molecular weight excluding hydrogens is 404 g/mol. The molecule has 0 radical (unpaired) electrons. The van der Waals surface area contributed by atoms with Crippen LogP contribution in [0.5, 0.6) is 0 Å². The molecule has 1 aliphatic carbocycles. The van der Waals surface area contributed by atoms with E-state index in [1.54, 1.807) is 6.07 Å². The lowest BCUT2D eigenvalue weighted by molar-refractivity contribution is -0.133. The summed E-state index contributed by atoms with van der Waals surface area (Å²) in [4.78, 5) is 26.8. The molecule has 3 aromatic rings. The van der Waals surface area contributed by atoms with Gasteiger partial charge in [0.05, 0.1) is 12.1 Å². The predicted octanol–water partition coefficient (Wildman–Crippen LogP) is 4.00. The van der Waals surface area contributed by atoms with Gasteiger partial charge in [-0.15, -0.1) is 0 Å². The number of rotatable bonds is 8. The number of benzene rings is 2. The second-order valence-electron chi connectivity index (χ2n) is 9.23. The highest BCUT2D eigenvalue weighted by Gasteiger charge is 2.24. The quantitative estimate of drug-likeness (QED) is 0.538. The van der Waals surface area contributed by atoms with Crippen molar-refractivity contribution in [3.8, 4) is 0 Å². The summed E-state index contributed by atoms with van der Waals surface area (Å²) in [5.41, 5.74) is 3.76. The summed E-state index contributed by atoms with van der Waals surface area (Å²) in [6.07, 6.45) is 5.65. The summed E-state index contributed by atoms with van der Waals surface area (Å²) in [7, 11) is 0. The van der Waals surface area contributed by atoms with E-state index < -0.39 is 5.76 Å². The van der Waals surface area contributed by atoms with Gasteiger partial charge < -0.3 is 14.1 Å². The minimum Gasteiger partial charge on any atom is -0.408 e. The molecule has 1 saturated heterocycles. The number of piperidine rings is 1. The van der Waals surface area contributed by atoms with Gasteiger partial charge >= 0.3 is 5.76 Å². The fourth-order valence-electron chi connectivity index (χ4n) is 4.52. The van der Waals surface area contributed by atoms with E-state index in [1.807, 2.05) is 23.1 Å². The van der Waals surface area contributed by atoms with Crippen molar-refractivity contribution in [2.45, 2.75) is 45.3 Å². The normalized spacial score (nSPS) is 17.2. The first-order valence-electron chi connectivity index (χ1n) is 11.7. The van der Waals surface area contributed by atoms with E-state index in [9.17, 15) is 9.59 Å². The Balaban J connectivity index is 1.10. The van der Waals surface area contributed by atoms with Crippen molar-refractivity contribution in [3.05, 3.63) is 70.2 Å². The molecule has 5 rings (SSSR count). The summed E-state index contributed by atoms with van der Waals surface area (Å²) >= 11 is 0. The zero-order valence-corrected chi connectivity index (χ0v) is 18.4. The van der Waals surface area contributed by atoms with Gasteiger partial charge in [0.2, 0.25) is 5.91 Å². The molecule has 6 nitrogen and oxygen atoms in total. The number of fused-ring (bicyclic) bond motifs is 1. The molecule has 1 saturated carbocycles. The Bertz CT molecular complexity index is 1120. The molecule has 1 aromatic heterocycles. The lowest BCUT2D eigenvalue weighted by atomic mass is 9.90. The Kier molecular flexibility index (Phi) is 6.12. The van der Waals surface area contributed by atoms with Crippen molar-refractivity contribution in [2.75, 3.05) is 19.7 Å². The molecule has 0 spiro atoms. The highest BCUT2D eigenvalue weighted by molar-refractivity contribution is 5.79. The lowest BCUT2D eigenvalue weighted by Gasteiger charge is -2.32. The third-order valence-electron chi connectivity index (χ3n) is 6.70. The fourth-order valence-corrected chi connectivity index (χ4v) is 4.52. The van der Waals surface area contributed by atoms with Gasteiger partial charge in [-0.3, -0.25) is 9.36 Å². The van der Waals surface area contributed by atoms with Crippen LogP contribution in [-0.2, 0) is 29.1 Å². The summed E-state index contributed by atoms with van der Waals surface area (Å²) in [5.74, 6) is 0.879. The first-order valence-corrected chi connectivity index (χ1v) is 11.7. The van der Waals surface area contributed by atoms with E-state index in [2.05, 4.69) is 24.3 Å². The number of hydrogen-bond acceptors (Lipinski definition) is 4. The smallest absolute Gasteiger partial charge is 0.408 e. The molecule has 6 heteroatoms. The Labute approximate surface area is 187 Å². The minimum atomic E-state index is -0.476. The van der Waals surface area contributed by atoms with Crippen molar-refractivity contribution >= 4 is 17.0 Å². The monoisotopic (exact) mass is 434 g/mol. The molecule has 0 N–H and O–H groups in total. The Morgan fingerprint density at radius 1 is 0.938 bits per heavy atom. The predicted molar refractivity (Wildman–Crippen MR) is 122 cm³/mol. The molecular formula is C26H30N2O4. The van der Waals surface area contributed by atoms with Crippen LogP contribution in [0.15, 0.2) is 57.7 Å². The Hall–Kier alpha value is -2.86. The molecule has 1 aliphatic heterocycles. The van der Waals surface area contributed by atoms with Crippen LogP contribution >= 0.6 is 0 Å². The topological polar surface area (TPSA) is 64.7 Å². The maximum Gasteiger partial charge on any atom is 0.420 e. The summed E-state index contributed by atoms with van der Waals surface area (Å²) < 4.78 is 12.4. The number of nitrogens with zero attached hydrogens (tertiary/aromatic N) is 2. The van der Waals surface area contributed by atoms with Crippen molar-refractivity contribution in [2.24, 2.45) is 11.8 Å². The molecule has 0 atom stereocenters. The number of carbonyl (C=O) groups excluding carboxylic acids is 1. The van der Waals surface area contributed by atoms with Crippen LogP contribution in [-0.4, -0.2) is 35.1 Å². The molecule has 168 valence electrons.